The summed E-state index contributed by atoms with van der Waals surface area (Å²) < 4.78 is 5.27. The molecule has 4 nitrogen and oxygen atoms in total. The minimum Gasteiger partial charge on any atom is -0.507 e. The Morgan fingerprint density at radius 1 is 1.15 bits per heavy atom. The van der Waals surface area contributed by atoms with Gasteiger partial charge in [0.05, 0.1) is 5.56 Å². The van der Waals surface area contributed by atoms with Gasteiger partial charge in [0, 0.05) is 19.3 Å². The third kappa shape index (κ3) is 2.60. The molecule has 4 heteroatoms. The summed E-state index contributed by atoms with van der Waals surface area (Å²) in [5.41, 5.74) is 0.329. The molecule has 2 aromatic rings. The van der Waals surface area contributed by atoms with E-state index in [2.05, 4.69) is 5.32 Å². The Balaban J connectivity index is 1.84. The first kappa shape index (κ1) is 12.9. The van der Waals surface area contributed by atoms with Crippen molar-refractivity contribution in [1.29, 1.82) is 0 Å². The molecule has 1 fully saturated rings. The Hall–Kier alpha value is -2.07. The van der Waals surface area contributed by atoms with Gasteiger partial charge in [-0.1, -0.05) is 24.3 Å². The summed E-state index contributed by atoms with van der Waals surface area (Å²) in [7, 11) is 0. The predicted octanol–water partition coefficient (Wildman–Crippen LogP) is 2.45. The third-order valence-corrected chi connectivity index (χ3v) is 3.67. The lowest BCUT2D eigenvalue weighted by atomic mass is 10.0. The van der Waals surface area contributed by atoms with Gasteiger partial charge in [0.15, 0.2) is 0 Å². The van der Waals surface area contributed by atoms with E-state index in [9.17, 15) is 9.90 Å². The maximum atomic E-state index is 12.3. The summed E-state index contributed by atoms with van der Waals surface area (Å²) >= 11 is 0. The minimum atomic E-state index is -0.222. The van der Waals surface area contributed by atoms with Crippen LogP contribution in [0.1, 0.15) is 23.2 Å². The number of amides is 1. The fourth-order valence-electron chi connectivity index (χ4n) is 2.52. The number of fused-ring (bicyclic) bond motifs is 1. The molecule has 3 rings (SSSR count). The van der Waals surface area contributed by atoms with Crippen LogP contribution in [0.3, 0.4) is 0 Å². The van der Waals surface area contributed by atoms with E-state index in [-0.39, 0.29) is 17.7 Å². The maximum absolute atomic E-state index is 12.3. The molecule has 0 radical (unpaired) electrons. The zero-order valence-corrected chi connectivity index (χ0v) is 11.1. The quantitative estimate of drug-likeness (QED) is 0.882. The van der Waals surface area contributed by atoms with E-state index in [4.69, 9.17) is 4.74 Å². The van der Waals surface area contributed by atoms with Crippen LogP contribution in [0.5, 0.6) is 5.75 Å². The van der Waals surface area contributed by atoms with Crippen LogP contribution in [-0.2, 0) is 4.74 Å². The van der Waals surface area contributed by atoms with Crippen molar-refractivity contribution in [1.82, 2.24) is 5.32 Å². The first-order valence-corrected chi connectivity index (χ1v) is 6.84. The number of nitrogens with one attached hydrogen (secondary N) is 1. The van der Waals surface area contributed by atoms with Gasteiger partial charge in [-0.2, -0.15) is 0 Å². The molecule has 0 saturated carbocycles. The number of hydrogen-bond acceptors (Lipinski definition) is 3. The molecule has 1 aliphatic rings. The van der Waals surface area contributed by atoms with Crippen LogP contribution in [0.15, 0.2) is 36.4 Å². The van der Waals surface area contributed by atoms with Gasteiger partial charge in [-0.25, -0.2) is 0 Å². The number of ether oxygens (including phenoxy) is 1. The van der Waals surface area contributed by atoms with Gasteiger partial charge in [0.2, 0.25) is 0 Å². The SMILES string of the molecule is O=C(NC1CCOCC1)c1cc2ccccc2cc1O. The first-order chi connectivity index (χ1) is 9.74. The molecule has 1 amide bonds. The Morgan fingerprint density at radius 3 is 2.50 bits per heavy atom. The van der Waals surface area contributed by atoms with Crippen molar-refractivity contribution in [3.63, 3.8) is 0 Å². The lowest BCUT2D eigenvalue weighted by Crippen LogP contribution is -2.38. The zero-order chi connectivity index (χ0) is 13.9. The Labute approximate surface area is 117 Å². The molecule has 0 unspecified atom stereocenters. The van der Waals surface area contributed by atoms with Crippen molar-refractivity contribution in [2.45, 2.75) is 18.9 Å². The summed E-state index contributed by atoms with van der Waals surface area (Å²) in [5.74, 6) is -0.201. The van der Waals surface area contributed by atoms with Crippen molar-refractivity contribution in [3.8, 4) is 5.75 Å². The average Bonchev–Trinajstić information content (AvgIpc) is 2.47. The van der Waals surface area contributed by atoms with E-state index in [0.717, 1.165) is 23.6 Å². The van der Waals surface area contributed by atoms with Gasteiger partial charge >= 0.3 is 0 Å². The highest BCUT2D eigenvalue weighted by molar-refractivity contribution is 6.01. The molecule has 1 saturated heterocycles. The average molecular weight is 271 g/mol. The summed E-state index contributed by atoms with van der Waals surface area (Å²) in [6.07, 6.45) is 1.64. The van der Waals surface area contributed by atoms with Crippen molar-refractivity contribution in [2.24, 2.45) is 0 Å². The highest BCUT2D eigenvalue weighted by Crippen LogP contribution is 2.25. The molecule has 0 atom stereocenters. The van der Waals surface area contributed by atoms with E-state index < -0.39 is 0 Å². The highest BCUT2D eigenvalue weighted by atomic mass is 16.5. The van der Waals surface area contributed by atoms with Crippen molar-refractivity contribution in [3.05, 3.63) is 42.0 Å². The number of benzene rings is 2. The second-order valence-electron chi connectivity index (χ2n) is 5.08. The number of carbonyl (C=O) groups excluding carboxylic acids is 1. The first-order valence-electron chi connectivity index (χ1n) is 6.84. The minimum absolute atomic E-state index is 0.0215. The number of phenolic OH excluding ortho intramolecular Hbond substituents is 1. The van der Waals surface area contributed by atoms with Gasteiger partial charge in [0.25, 0.3) is 5.91 Å². The number of hydrogen-bond donors (Lipinski definition) is 2. The van der Waals surface area contributed by atoms with E-state index in [0.29, 0.717) is 18.8 Å². The molecule has 2 N–H and O–H groups in total. The van der Waals surface area contributed by atoms with E-state index in [1.807, 2.05) is 24.3 Å². The van der Waals surface area contributed by atoms with E-state index in [1.54, 1.807) is 12.1 Å². The monoisotopic (exact) mass is 271 g/mol. The fraction of sp³-hybridized carbons (Fsp3) is 0.312. The van der Waals surface area contributed by atoms with Crippen LogP contribution in [0.2, 0.25) is 0 Å². The molecule has 0 aromatic heterocycles. The van der Waals surface area contributed by atoms with E-state index >= 15 is 0 Å². The van der Waals surface area contributed by atoms with Crippen molar-refractivity contribution in [2.75, 3.05) is 13.2 Å². The van der Waals surface area contributed by atoms with Gasteiger partial charge in [-0.3, -0.25) is 4.79 Å². The molecular formula is C16H17NO3. The number of carbonyl (C=O) groups is 1. The largest absolute Gasteiger partial charge is 0.507 e. The molecule has 0 spiro atoms. The Bertz CT molecular complexity index is 633. The topological polar surface area (TPSA) is 58.6 Å². The Kier molecular flexibility index (Phi) is 3.56. The Morgan fingerprint density at radius 2 is 1.80 bits per heavy atom. The zero-order valence-electron chi connectivity index (χ0n) is 11.1. The van der Waals surface area contributed by atoms with Gasteiger partial charge in [0.1, 0.15) is 5.75 Å². The molecule has 20 heavy (non-hydrogen) atoms. The molecule has 0 aliphatic carbocycles. The molecule has 0 bridgehead atoms. The van der Waals surface area contributed by atoms with Crippen LogP contribution in [0.25, 0.3) is 10.8 Å². The van der Waals surface area contributed by atoms with Gasteiger partial charge in [-0.05, 0) is 35.7 Å². The molecule has 2 aromatic carbocycles. The van der Waals surface area contributed by atoms with Crippen molar-refractivity contribution < 1.29 is 14.6 Å². The highest BCUT2D eigenvalue weighted by Gasteiger charge is 2.19. The third-order valence-electron chi connectivity index (χ3n) is 3.67. The van der Waals surface area contributed by atoms with Crippen LogP contribution in [0.4, 0.5) is 0 Å². The van der Waals surface area contributed by atoms with Crippen LogP contribution in [-0.4, -0.2) is 30.3 Å². The van der Waals surface area contributed by atoms with Crippen LogP contribution in [0, 0.1) is 0 Å². The molecule has 1 aliphatic heterocycles. The van der Waals surface area contributed by atoms with Gasteiger partial charge < -0.3 is 15.2 Å². The normalized spacial score (nSPS) is 16.2. The summed E-state index contributed by atoms with van der Waals surface area (Å²) in [4.78, 5) is 12.3. The number of aromatic hydroxyl groups is 1. The maximum Gasteiger partial charge on any atom is 0.255 e. The predicted molar refractivity (Wildman–Crippen MR) is 76.9 cm³/mol. The molecule has 1 heterocycles. The van der Waals surface area contributed by atoms with Crippen LogP contribution < -0.4 is 5.32 Å². The summed E-state index contributed by atoms with van der Waals surface area (Å²) in [6, 6.07) is 11.2. The van der Waals surface area contributed by atoms with Crippen LogP contribution >= 0.6 is 0 Å². The standard InChI is InChI=1S/C16H17NO3/c18-15-10-12-4-2-1-3-11(12)9-14(15)16(19)17-13-5-7-20-8-6-13/h1-4,9-10,13,18H,5-8H2,(H,17,19). The molecule has 104 valence electrons. The summed E-state index contributed by atoms with van der Waals surface area (Å²) in [5, 5.41) is 14.9. The van der Waals surface area contributed by atoms with Gasteiger partial charge in [-0.15, -0.1) is 0 Å². The number of rotatable bonds is 2. The lowest BCUT2D eigenvalue weighted by molar-refractivity contribution is 0.0695. The smallest absolute Gasteiger partial charge is 0.255 e. The second-order valence-corrected chi connectivity index (χ2v) is 5.08. The molecular weight excluding hydrogens is 254 g/mol. The number of phenols is 1. The van der Waals surface area contributed by atoms with Crippen molar-refractivity contribution >= 4 is 16.7 Å². The van der Waals surface area contributed by atoms with E-state index in [1.165, 1.54) is 0 Å². The second kappa shape index (κ2) is 5.51. The fourth-order valence-corrected chi connectivity index (χ4v) is 2.52. The lowest BCUT2D eigenvalue weighted by Gasteiger charge is -2.23. The summed E-state index contributed by atoms with van der Waals surface area (Å²) in [6.45, 7) is 1.35.